The van der Waals surface area contributed by atoms with Crippen LogP contribution in [0.2, 0.25) is 0 Å². The van der Waals surface area contributed by atoms with Gasteiger partial charge in [-0.15, -0.1) is 0 Å². The molecule has 0 bridgehead atoms. The molecule has 90 valence electrons. The molecule has 0 aliphatic carbocycles. The number of benzene rings is 1. The normalized spacial score (nSPS) is 22.8. The molecule has 2 aromatic rings. The Morgan fingerprint density at radius 1 is 1.29 bits per heavy atom. The number of aliphatic hydroxyl groups is 1. The number of aliphatic hydroxyl groups excluding tert-OH is 1. The molecule has 2 heterocycles. The van der Waals surface area contributed by atoms with Crippen LogP contribution in [0.4, 0.5) is 0 Å². The zero-order chi connectivity index (χ0) is 11.7. The Kier molecular flexibility index (Phi) is 2.87. The van der Waals surface area contributed by atoms with E-state index in [1.807, 2.05) is 24.3 Å². The van der Waals surface area contributed by atoms with Crippen LogP contribution < -0.4 is 0 Å². The average Bonchev–Trinajstić information content (AvgIpc) is 2.83. The van der Waals surface area contributed by atoms with Gasteiger partial charge in [0.1, 0.15) is 5.58 Å². The SMILES string of the molecule is OC(c1coc2ccccc12)C1CCCOC1. The van der Waals surface area contributed by atoms with E-state index in [2.05, 4.69) is 0 Å². The minimum atomic E-state index is -0.487. The maximum absolute atomic E-state index is 10.4. The summed E-state index contributed by atoms with van der Waals surface area (Å²) in [6, 6.07) is 7.81. The van der Waals surface area contributed by atoms with Crippen LogP contribution in [0, 0.1) is 5.92 Å². The number of para-hydroxylation sites is 1. The molecule has 1 fully saturated rings. The highest BCUT2D eigenvalue weighted by molar-refractivity contribution is 5.81. The molecule has 0 saturated carbocycles. The summed E-state index contributed by atoms with van der Waals surface area (Å²) in [6.45, 7) is 1.45. The van der Waals surface area contributed by atoms with Gasteiger partial charge in [0.05, 0.1) is 19.0 Å². The van der Waals surface area contributed by atoms with Gasteiger partial charge in [0, 0.05) is 23.5 Å². The summed E-state index contributed by atoms with van der Waals surface area (Å²) in [6.07, 6.45) is 3.22. The molecule has 3 rings (SSSR count). The molecule has 2 atom stereocenters. The van der Waals surface area contributed by atoms with Gasteiger partial charge in [0.15, 0.2) is 0 Å². The van der Waals surface area contributed by atoms with E-state index in [9.17, 15) is 5.11 Å². The lowest BCUT2D eigenvalue weighted by molar-refractivity contribution is -0.00968. The van der Waals surface area contributed by atoms with E-state index >= 15 is 0 Å². The van der Waals surface area contributed by atoms with Crippen molar-refractivity contribution in [1.29, 1.82) is 0 Å². The quantitative estimate of drug-likeness (QED) is 0.865. The van der Waals surface area contributed by atoms with Crippen molar-refractivity contribution in [1.82, 2.24) is 0 Å². The van der Waals surface area contributed by atoms with Gasteiger partial charge in [-0.2, -0.15) is 0 Å². The summed E-state index contributed by atoms with van der Waals surface area (Å²) in [5.41, 5.74) is 1.72. The van der Waals surface area contributed by atoms with E-state index in [0.717, 1.165) is 36.0 Å². The first-order valence-electron chi connectivity index (χ1n) is 6.08. The molecule has 0 spiro atoms. The molecule has 1 N–H and O–H groups in total. The summed E-state index contributed by atoms with van der Waals surface area (Å²) in [7, 11) is 0. The van der Waals surface area contributed by atoms with Crippen molar-refractivity contribution in [3.8, 4) is 0 Å². The molecule has 1 saturated heterocycles. The number of hydrogen-bond donors (Lipinski definition) is 1. The molecule has 0 radical (unpaired) electrons. The van der Waals surface area contributed by atoms with Gasteiger partial charge in [0.2, 0.25) is 0 Å². The highest BCUT2D eigenvalue weighted by atomic mass is 16.5. The topological polar surface area (TPSA) is 42.6 Å². The maximum Gasteiger partial charge on any atom is 0.134 e. The zero-order valence-electron chi connectivity index (χ0n) is 9.63. The Hall–Kier alpha value is -1.32. The van der Waals surface area contributed by atoms with Gasteiger partial charge >= 0.3 is 0 Å². The molecule has 1 aromatic heterocycles. The number of fused-ring (bicyclic) bond motifs is 1. The predicted octanol–water partition coefficient (Wildman–Crippen LogP) is 2.89. The molecular weight excluding hydrogens is 216 g/mol. The number of furan rings is 1. The molecule has 1 aliphatic rings. The van der Waals surface area contributed by atoms with E-state index in [4.69, 9.17) is 9.15 Å². The van der Waals surface area contributed by atoms with Gasteiger partial charge in [-0.25, -0.2) is 0 Å². The van der Waals surface area contributed by atoms with Crippen LogP contribution in [0.3, 0.4) is 0 Å². The van der Waals surface area contributed by atoms with Gasteiger partial charge in [-0.05, 0) is 18.9 Å². The fourth-order valence-corrected chi connectivity index (χ4v) is 2.50. The summed E-state index contributed by atoms with van der Waals surface area (Å²) in [4.78, 5) is 0. The van der Waals surface area contributed by atoms with Gasteiger partial charge in [-0.1, -0.05) is 18.2 Å². The van der Waals surface area contributed by atoms with E-state index in [1.165, 1.54) is 0 Å². The van der Waals surface area contributed by atoms with E-state index in [1.54, 1.807) is 6.26 Å². The average molecular weight is 232 g/mol. The summed E-state index contributed by atoms with van der Waals surface area (Å²) < 4.78 is 10.9. The lowest BCUT2D eigenvalue weighted by Crippen LogP contribution is -2.23. The first-order chi connectivity index (χ1) is 8.36. The Labute approximate surface area is 100.0 Å². The molecule has 3 nitrogen and oxygen atoms in total. The monoisotopic (exact) mass is 232 g/mol. The third kappa shape index (κ3) is 1.96. The van der Waals surface area contributed by atoms with Gasteiger partial charge < -0.3 is 14.3 Å². The van der Waals surface area contributed by atoms with Crippen molar-refractivity contribution < 1.29 is 14.3 Å². The molecule has 17 heavy (non-hydrogen) atoms. The standard InChI is InChI=1S/C14H16O3/c15-14(10-4-3-7-16-8-10)12-9-17-13-6-2-1-5-11(12)13/h1-2,5-6,9-10,14-15H,3-4,7-8H2. The number of hydrogen-bond acceptors (Lipinski definition) is 3. The van der Waals surface area contributed by atoms with Crippen LogP contribution in [0.1, 0.15) is 24.5 Å². The van der Waals surface area contributed by atoms with Crippen molar-refractivity contribution in [2.45, 2.75) is 18.9 Å². The summed E-state index contributed by atoms with van der Waals surface area (Å²) in [5.74, 6) is 0.185. The fraction of sp³-hybridized carbons (Fsp3) is 0.429. The molecule has 1 aliphatic heterocycles. The lowest BCUT2D eigenvalue weighted by Gasteiger charge is -2.26. The smallest absolute Gasteiger partial charge is 0.134 e. The van der Waals surface area contributed by atoms with E-state index in [-0.39, 0.29) is 5.92 Å². The highest BCUT2D eigenvalue weighted by Gasteiger charge is 2.26. The van der Waals surface area contributed by atoms with E-state index in [0.29, 0.717) is 6.61 Å². The Morgan fingerprint density at radius 2 is 2.18 bits per heavy atom. The molecule has 0 amide bonds. The maximum atomic E-state index is 10.4. The largest absolute Gasteiger partial charge is 0.464 e. The van der Waals surface area contributed by atoms with Crippen molar-refractivity contribution >= 4 is 11.0 Å². The Bertz CT molecular complexity index is 497. The summed E-state index contributed by atoms with van der Waals surface area (Å²) in [5, 5.41) is 11.4. The Morgan fingerprint density at radius 3 is 3.00 bits per heavy atom. The number of rotatable bonds is 2. The first kappa shape index (κ1) is 10.8. The van der Waals surface area contributed by atoms with Crippen molar-refractivity contribution in [2.75, 3.05) is 13.2 Å². The third-order valence-electron chi connectivity index (χ3n) is 3.47. The van der Waals surface area contributed by atoms with Crippen LogP contribution >= 0.6 is 0 Å². The molecule has 1 aromatic carbocycles. The second-order valence-electron chi connectivity index (χ2n) is 4.61. The third-order valence-corrected chi connectivity index (χ3v) is 3.47. The van der Waals surface area contributed by atoms with Crippen LogP contribution in [0.25, 0.3) is 11.0 Å². The Balaban J connectivity index is 1.92. The number of ether oxygens (including phenoxy) is 1. The van der Waals surface area contributed by atoms with Gasteiger partial charge in [0.25, 0.3) is 0 Å². The predicted molar refractivity (Wildman–Crippen MR) is 64.7 cm³/mol. The second kappa shape index (κ2) is 4.51. The lowest BCUT2D eigenvalue weighted by atomic mass is 9.91. The van der Waals surface area contributed by atoms with E-state index < -0.39 is 6.10 Å². The summed E-state index contributed by atoms with van der Waals surface area (Å²) >= 11 is 0. The van der Waals surface area contributed by atoms with Crippen LogP contribution in [0.5, 0.6) is 0 Å². The van der Waals surface area contributed by atoms with Crippen LogP contribution in [0.15, 0.2) is 34.9 Å². The van der Waals surface area contributed by atoms with Gasteiger partial charge in [-0.3, -0.25) is 0 Å². The molecule has 2 unspecified atom stereocenters. The first-order valence-corrected chi connectivity index (χ1v) is 6.08. The van der Waals surface area contributed by atoms with Crippen molar-refractivity contribution in [3.05, 3.63) is 36.1 Å². The molecule has 3 heteroatoms. The van der Waals surface area contributed by atoms with Crippen molar-refractivity contribution in [3.63, 3.8) is 0 Å². The van der Waals surface area contributed by atoms with Crippen molar-refractivity contribution in [2.24, 2.45) is 5.92 Å². The van der Waals surface area contributed by atoms with Crippen LogP contribution in [-0.4, -0.2) is 18.3 Å². The van der Waals surface area contributed by atoms with Crippen LogP contribution in [-0.2, 0) is 4.74 Å². The highest BCUT2D eigenvalue weighted by Crippen LogP contribution is 2.33. The fourth-order valence-electron chi connectivity index (χ4n) is 2.50. The zero-order valence-corrected chi connectivity index (χ0v) is 9.63. The second-order valence-corrected chi connectivity index (χ2v) is 4.61. The minimum Gasteiger partial charge on any atom is -0.464 e. The minimum absolute atomic E-state index is 0.185. The molecular formula is C14H16O3.